The summed E-state index contributed by atoms with van der Waals surface area (Å²) in [5.41, 5.74) is 0. The van der Waals surface area contributed by atoms with Crippen molar-refractivity contribution in [2.75, 3.05) is 0 Å². The Balaban J connectivity index is 3.68. The van der Waals surface area contributed by atoms with Gasteiger partial charge in [0.15, 0.2) is 0 Å². The molecule has 1 unspecified atom stereocenters. The zero-order valence-electron chi connectivity index (χ0n) is 14.0. The normalized spacial score (nSPS) is 12.3. The number of carbonyl (C=O) groups excluding carboxylic acids is 1. The fourth-order valence-corrected chi connectivity index (χ4v) is 2.73. The molecule has 0 saturated carbocycles. The molecular weight excluding hydrogens is 264 g/mol. The van der Waals surface area contributed by atoms with Crippen molar-refractivity contribution in [3.8, 4) is 0 Å². The van der Waals surface area contributed by atoms with Crippen LogP contribution in [0.5, 0.6) is 0 Å². The van der Waals surface area contributed by atoms with Crippen LogP contribution in [-0.4, -0.2) is 16.9 Å². The predicted octanol–water partition coefficient (Wildman–Crippen LogP) is 5.37. The van der Waals surface area contributed by atoms with Gasteiger partial charge in [0.1, 0.15) is 0 Å². The van der Waals surface area contributed by atoms with Crippen LogP contribution in [-0.2, 0) is 9.59 Å². The van der Waals surface area contributed by atoms with Crippen LogP contribution in [0.1, 0.15) is 97.3 Å². The molecule has 3 nitrogen and oxygen atoms in total. The van der Waals surface area contributed by atoms with Gasteiger partial charge in [0.25, 0.3) is 0 Å². The Morgan fingerprint density at radius 3 is 1.62 bits per heavy atom. The second kappa shape index (κ2) is 14.1. The summed E-state index contributed by atoms with van der Waals surface area (Å²) in [7, 11) is 0. The first-order valence-electron chi connectivity index (χ1n) is 8.90. The largest absolute Gasteiger partial charge is 0.475 e. The van der Waals surface area contributed by atoms with Crippen molar-refractivity contribution in [1.29, 1.82) is 0 Å². The van der Waals surface area contributed by atoms with Crippen molar-refractivity contribution in [2.24, 2.45) is 5.92 Å². The molecule has 0 bridgehead atoms. The molecule has 0 radical (unpaired) electrons. The maximum absolute atomic E-state index is 11.6. The molecule has 0 aliphatic carbocycles. The Kier molecular flexibility index (Phi) is 13.5. The summed E-state index contributed by atoms with van der Waals surface area (Å²) in [6, 6.07) is 0. The third-order valence-corrected chi connectivity index (χ3v) is 4.14. The lowest BCUT2D eigenvalue weighted by Crippen LogP contribution is -2.23. The highest BCUT2D eigenvalue weighted by Gasteiger charge is 2.23. The molecule has 124 valence electrons. The van der Waals surface area contributed by atoms with E-state index in [2.05, 4.69) is 13.8 Å². The van der Waals surface area contributed by atoms with Gasteiger partial charge in [-0.2, -0.15) is 0 Å². The molecule has 21 heavy (non-hydrogen) atoms. The van der Waals surface area contributed by atoms with E-state index in [1.165, 1.54) is 44.9 Å². The Morgan fingerprint density at radius 2 is 1.14 bits per heavy atom. The van der Waals surface area contributed by atoms with Gasteiger partial charge in [0.05, 0.1) is 0 Å². The molecule has 1 atom stereocenters. The summed E-state index contributed by atoms with van der Waals surface area (Å²) < 4.78 is 0. The fraction of sp³-hybridized carbons (Fsp3) is 0.889. The Morgan fingerprint density at radius 1 is 0.714 bits per heavy atom. The summed E-state index contributed by atoms with van der Waals surface area (Å²) in [5.74, 6) is -2.10. The van der Waals surface area contributed by atoms with E-state index < -0.39 is 11.8 Å². The molecule has 0 aromatic rings. The van der Waals surface area contributed by atoms with Gasteiger partial charge < -0.3 is 5.11 Å². The van der Waals surface area contributed by atoms with Gasteiger partial charge in [-0.15, -0.1) is 0 Å². The fourth-order valence-electron chi connectivity index (χ4n) is 2.73. The van der Waals surface area contributed by atoms with E-state index in [9.17, 15) is 9.59 Å². The van der Waals surface area contributed by atoms with E-state index in [1.807, 2.05) is 0 Å². The molecule has 0 aliphatic rings. The summed E-state index contributed by atoms with van der Waals surface area (Å²) >= 11 is 0. The third kappa shape index (κ3) is 11.5. The molecule has 0 aliphatic heterocycles. The minimum Gasteiger partial charge on any atom is -0.475 e. The molecule has 3 heteroatoms. The van der Waals surface area contributed by atoms with Crippen LogP contribution in [0.15, 0.2) is 0 Å². The number of hydrogen-bond donors (Lipinski definition) is 1. The quantitative estimate of drug-likeness (QED) is 0.327. The van der Waals surface area contributed by atoms with Gasteiger partial charge in [0.2, 0.25) is 5.78 Å². The minimum atomic E-state index is -1.26. The Bertz CT molecular complexity index is 274. The molecule has 1 N–H and O–H groups in total. The average Bonchev–Trinajstić information content (AvgIpc) is 2.47. The van der Waals surface area contributed by atoms with Gasteiger partial charge in [-0.05, 0) is 12.8 Å². The van der Waals surface area contributed by atoms with Crippen LogP contribution in [0.2, 0.25) is 0 Å². The van der Waals surface area contributed by atoms with Crippen LogP contribution in [0.3, 0.4) is 0 Å². The maximum Gasteiger partial charge on any atom is 0.372 e. The number of ketones is 1. The number of carboxylic acids is 1. The van der Waals surface area contributed by atoms with Crippen LogP contribution < -0.4 is 0 Å². The number of rotatable bonds is 15. The zero-order chi connectivity index (χ0) is 15.9. The molecule has 0 saturated heterocycles. The molecule has 0 rings (SSSR count). The first kappa shape index (κ1) is 20.1. The summed E-state index contributed by atoms with van der Waals surface area (Å²) in [6.45, 7) is 4.30. The van der Waals surface area contributed by atoms with E-state index in [0.717, 1.165) is 38.5 Å². The van der Waals surface area contributed by atoms with Gasteiger partial charge in [-0.3, -0.25) is 4.79 Å². The van der Waals surface area contributed by atoms with E-state index in [-0.39, 0.29) is 5.92 Å². The highest BCUT2D eigenvalue weighted by atomic mass is 16.4. The molecule has 0 heterocycles. The molecule has 0 fully saturated rings. The van der Waals surface area contributed by atoms with Crippen LogP contribution in [0, 0.1) is 5.92 Å². The topological polar surface area (TPSA) is 54.4 Å². The second-order valence-corrected chi connectivity index (χ2v) is 6.13. The first-order chi connectivity index (χ1) is 10.1. The molecule has 0 aromatic heterocycles. The standard InChI is InChI=1S/C18H34O3/c1-3-5-7-8-9-10-11-12-13-15-16(14-6-4-2)17(19)18(20)21/h16H,3-15H2,1-2H3,(H,20,21). The van der Waals surface area contributed by atoms with Crippen LogP contribution in [0.4, 0.5) is 0 Å². The van der Waals surface area contributed by atoms with Crippen molar-refractivity contribution >= 4 is 11.8 Å². The third-order valence-electron chi connectivity index (χ3n) is 4.14. The number of unbranched alkanes of at least 4 members (excludes halogenated alkanes) is 9. The van der Waals surface area contributed by atoms with Crippen LogP contribution in [0.25, 0.3) is 0 Å². The lowest BCUT2D eigenvalue weighted by atomic mass is 9.91. The number of aliphatic carboxylic acids is 1. The lowest BCUT2D eigenvalue weighted by Gasteiger charge is -2.12. The summed E-state index contributed by atoms with van der Waals surface area (Å²) in [6.07, 6.45) is 14.7. The smallest absolute Gasteiger partial charge is 0.372 e. The zero-order valence-corrected chi connectivity index (χ0v) is 14.0. The predicted molar refractivity (Wildman–Crippen MR) is 87.5 cm³/mol. The maximum atomic E-state index is 11.6. The van der Waals surface area contributed by atoms with E-state index in [0.29, 0.717) is 0 Å². The molecule has 0 aromatic carbocycles. The first-order valence-corrected chi connectivity index (χ1v) is 8.90. The highest BCUT2D eigenvalue weighted by molar-refractivity contribution is 6.33. The minimum absolute atomic E-state index is 0.257. The average molecular weight is 298 g/mol. The Hall–Kier alpha value is -0.860. The van der Waals surface area contributed by atoms with Crippen molar-refractivity contribution in [2.45, 2.75) is 97.3 Å². The van der Waals surface area contributed by atoms with Gasteiger partial charge >= 0.3 is 5.97 Å². The van der Waals surface area contributed by atoms with Gasteiger partial charge in [-0.1, -0.05) is 84.5 Å². The number of carboxylic acid groups (broad SMARTS) is 1. The number of hydrogen-bond acceptors (Lipinski definition) is 2. The van der Waals surface area contributed by atoms with Crippen molar-refractivity contribution in [3.63, 3.8) is 0 Å². The number of carbonyl (C=O) groups is 2. The highest BCUT2D eigenvalue weighted by Crippen LogP contribution is 2.19. The van der Waals surface area contributed by atoms with Crippen molar-refractivity contribution in [1.82, 2.24) is 0 Å². The number of Topliss-reactive ketones (excluding diaryl/α,β-unsaturated/α-hetero) is 1. The van der Waals surface area contributed by atoms with E-state index in [1.54, 1.807) is 0 Å². The molecule has 0 spiro atoms. The monoisotopic (exact) mass is 298 g/mol. The van der Waals surface area contributed by atoms with Gasteiger partial charge in [-0.25, -0.2) is 4.79 Å². The molecular formula is C18H34O3. The molecule has 0 amide bonds. The van der Waals surface area contributed by atoms with Crippen molar-refractivity contribution in [3.05, 3.63) is 0 Å². The second-order valence-electron chi connectivity index (χ2n) is 6.13. The lowest BCUT2D eigenvalue weighted by molar-refractivity contribution is -0.151. The SMILES string of the molecule is CCCCCCCCCCCC(CCCC)C(=O)C(=O)O. The van der Waals surface area contributed by atoms with Crippen LogP contribution >= 0.6 is 0 Å². The van der Waals surface area contributed by atoms with Gasteiger partial charge in [0, 0.05) is 5.92 Å². The summed E-state index contributed by atoms with van der Waals surface area (Å²) in [5, 5.41) is 8.85. The van der Waals surface area contributed by atoms with E-state index >= 15 is 0 Å². The summed E-state index contributed by atoms with van der Waals surface area (Å²) in [4.78, 5) is 22.4. The van der Waals surface area contributed by atoms with Crippen molar-refractivity contribution < 1.29 is 14.7 Å². The van der Waals surface area contributed by atoms with E-state index in [4.69, 9.17) is 5.11 Å². The Labute approximate surface area is 130 Å².